The van der Waals surface area contributed by atoms with Crippen LogP contribution in [0.2, 0.25) is 0 Å². The lowest BCUT2D eigenvalue weighted by molar-refractivity contribution is 0.568. The van der Waals surface area contributed by atoms with E-state index in [1.807, 2.05) is 0 Å². The Morgan fingerprint density at radius 2 is 0.566 bits per heavy atom. The highest BCUT2D eigenvalue weighted by molar-refractivity contribution is 7.00. The second-order valence-electron chi connectivity index (χ2n) is 41.5. The molecule has 0 saturated carbocycles. The van der Waals surface area contributed by atoms with Gasteiger partial charge in [-0.15, -0.1) is 0 Å². The van der Waals surface area contributed by atoms with Crippen LogP contribution in [0.4, 0.5) is 34.1 Å². The highest BCUT2D eigenvalue weighted by Gasteiger charge is 2.47. The van der Waals surface area contributed by atoms with Crippen LogP contribution >= 0.6 is 0 Å². The van der Waals surface area contributed by atoms with Crippen molar-refractivity contribution in [2.24, 2.45) is 0 Å². The highest BCUT2D eigenvalue weighted by Crippen LogP contribution is 2.55. The number of fused-ring (bicyclic) bond motifs is 7. The van der Waals surface area contributed by atoms with Gasteiger partial charge in [0.25, 0.3) is 6.71 Å². The average molecular weight is 1590 g/mol. The van der Waals surface area contributed by atoms with Gasteiger partial charge >= 0.3 is 0 Å². The van der Waals surface area contributed by atoms with Crippen LogP contribution in [0.5, 0.6) is 0 Å². The molecule has 0 saturated heterocycles. The average Bonchev–Trinajstić information content (AvgIpc) is 0.794. The second-order valence-corrected chi connectivity index (χ2v) is 41.5. The van der Waals surface area contributed by atoms with Crippen molar-refractivity contribution >= 4 is 79.0 Å². The van der Waals surface area contributed by atoms with Crippen molar-refractivity contribution in [1.82, 2.24) is 19.5 Å². The van der Waals surface area contributed by atoms with Gasteiger partial charge in [0, 0.05) is 61.3 Å². The monoisotopic (exact) mass is 1590 g/mol. The fraction of sp³-hybridized carbons (Fsp3) is 0.243. The maximum absolute atomic E-state index is 5.85. The Kier molecular flexibility index (Phi) is 19.6. The molecule has 2 aromatic heterocycles. The highest BCUT2D eigenvalue weighted by atomic mass is 15.2. The van der Waals surface area contributed by atoms with Gasteiger partial charge in [0.2, 0.25) is 0 Å². The summed E-state index contributed by atoms with van der Waals surface area (Å²) < 4.78 is 2.60. The summed E-state index contributed by atoms with van der Waals surface area (Å²) in [5, 5.41) is 2.43. The van der Waals surface area contributed by atoms with E-state index in [1.54, 1.807) is 0 Å². The maximum Gasteiger partial charge on any atom is 0.252 e. The van der Waals surface area contributed by atoms with Gasteiger partial charge in [0.15, 0.2) is 17.5 Å². The first-order chi connectivity index (χ1) is 57.9. The predicted octanol–water partition coefficient (Wildman–Crippen LogP) is 29.5. The minimum atomic E-state index is -0.359. The Bertz CT molecular complexity index is 6570. The summed E-state index contributed by atoms with van der Waals surface area (Å²) in [5.41, 5.74) is 34.8. The number of rotatable bonds is 11. The summed E-state index contributed by atoms with van der Waals surface area (Å²) >= 11 is 0. The Morgan fingerprint density at radius 3 is 0.984 bits per heavy atom. The predicted molar refractivity (Wildman–Crippen MR) is 523 cm³/mol. The van der Waals surface area contributed by atoms with E-state index in [2.05, 4.69) is 463 Å². The lowest BCUT2D eigenvalue weighted by Crippen LogP contribution is -2.61. The first kappa shape index (κ1) is 80.6. The van der Waals surface area contributed by atoms with Crippen LogP contribution in [0.3, 0.4) is 0 Å². The molecule has 0 spiro atoms. The van der Waals surface area contributed by atoms with Gasteiger partial charge in [-0.1, -0.05) is 376 Å². The zero-order valence-corrected chi connectivity index (χ0v) is 75.1. The van der Waals surface area contributed by atoms with Crippen LogP contribution in [0.25, 0.3) is 117 Å². The topological polar surface area (TPSA) is 50.1 Å². The molecule has 14 aromatic carbocycles. The number of aromatic nitrogens is 4. The molecule has 122 heavy (non-hydrogen) atoms. The normalized spacial score (nSPS) is 13.2. The number of hydrogen-bond acceptors (Lipinski definition) is 5. The molecule has 6 nitrogen and oxygen atoms in total. The van der Waals surface area contributed by atoms with Crippen molar-refractivity contribution in [1.29, 1.82) is 0 Å². The molecule has 0 N–H and O–H groups in total. The van der Waals surface area contributed by atoms with Crippen LogP contribution in [0, 0.1) is 0 Å². The molecule has 606 valence electrons. The quantitative estimate of drug-likeness (QED) is 0.121. The van der Waals surface area contributed by atoms with Gasteiger partial charge in [0.1, 0.15) is 0 Å². The first-order valence-corrected chi connectivity index (χ1v) is 43.7. The molecule has 16 aromatic rings. The standard InChI is InChI=1S/C115H113BN6/c1-109(2,3)82-50-55-98-92(66-82)93-67-83(110(4,5)6)51-56-99(93)120(98)89-70-102-104-103(71-89)122(105-91(74-41-31-24-32-42-74)68-88(115(19,20)21)69-94(105)108-118-106(75-43-33-25-34-44-75)117-107(119-108)76-45-35-26-36-46-76)101-63-79(81-59-86(113(13,14)15)65-87(60-81)114(16,17)18)48-53-96(101)116(104)95-52-47-78(80-57-84(111(7,8)9)64-85(58-80)112(10,11)12)62-100(95)121(102)97-54-49-77(72-37-27-22-28-38-72)61-90(97)73-39-29-23-30-40-73/h22-71H,1-21H3. The van der Waals surface area contributed by atoms with Crippen molar-refractivity contribution in [2.45, 2.75) is 183 Å². The number of benzene rings is 14. The fourth-order valence-corrected chi connectivity index (χ4v) is 18.2. The summed E-state index contributed by atoms with van der Waals surface area (Å²) in [5.74, 6) is 1.74. The van der Waals surface area contributed by atoms with E-state index in [0.717, 1.165) is 118 Å². The molecule has 2 aliphatic heterocycles. The molecule has 18 rings (SSSR count). The van der Waals surface area contributed by atoms with Crippen molar-refractivity contribution in [3.63, 3.8) is 0 Å². The van der Waals surface area contributed by atoms with E-state index in [9.17, 15) is 0 Å². The summed E-state index contributed by atoms with van der Waals surface area (Å²) in [7, 11) is 0. The minimum absolute atomic E-state index is 0.132. The summed E-state index contributed by atoms with van der Waals surface area (Å²) in [6, 6.07) is 116. The third-order valence-corrected chi connectivity index (χ3v) is 25.5. The van der Waals surface area contributed by atoms with E-state index in [1.165, 1.54) is 71.7 Å². The molecule has 7 heteroatoms. The lowest BCUT2D eigenvalue weighted by Gasteiger charge is -2.46. The van der Waals surface area contributed by atoms with E-state index >= 15 is 0 Å². The molecule has 0 unspecified atom stereocenters. The van der Waals surface area contributed by atoms with Gasteiger partial charge in [-0.3, -0.25) is 0 Å². The van der Waals surface area contributed by atoms with Gasteiger partial charge in [-0.2, -0.15) is 0 Å². The maximum atomic E-state index is 5.85. The van der Waals surface area contributed by atoms with Crippen molar-refractivity contribution in [3.8, 4) is 95.5 Å². The van der Waals surface area contributed by atoms with Crippen LogP contribution in [0.15, 0.2) is 303 Å². The molecule has 0 bridgehead atoms. The SMILES string of the molecule is CC(C)(C)c1cc(-c2ccc3c(c2)N(c2ccc(-c4ccccc4)cc2-c2ccccc2)c2cc(-n4c5ccc(C(C)(C)C)cc5c5cc(C(C)(C)C)ccc54)cc4c2B3c2ccc(-c3cc(C(C)(C)C)cc(C(C)(C)C)c3)cc2N4c2c(-c3ccccc3)cc(C(C)(C)C)cc2-c2nc(-c3ccccc3)nc(-c3ccccc3)n2)cc(C(C)(C)C)c1. The summed E-state index contributed by atoms with van der Waals surface area (Å²) in [6.45, 7) is 49.0. The molecular weight excluding hydrogens is 1480 g/mol. The van der Waals surface area contributed by atoms with Crippen LogP contribution in [0.1, 0.15) is 184 Å². The van der Waals surface area contributed by atoms with Gasteiger partial charge in [-0.25, -0.2) is 15.0 Å². The molecule has 0 fully saturated rings. The molecule has 0 aliphatic carbocycles. The number of hydrogen-bond donors (Lipinski definition) is 0. The molecule has 0 atom stereocenters. The molecule has 2 aliphatic rings. The van der Waals surface area contributed by atoms with Crippen LogP contribution in [-0.4, -0.2) is 26.2 Å². The summed E-state index contributed by atoms with van der Waals surface area (Å²) in [6.07, 6.45) is 0. The minimum Gasteiger partial charge on any atom is -0.311 e. The van der Waals surface area contributed by atoms with E-state index < -0.39 is 0 Å². The van der Waals surface area contributed by atoms with E-state index in [-0.39, 0.29) is 44.6 Å². The fourth-order valence-electron chi connectivity index (χ4n) is 18.2. The second kappa shape index (κ2) is 29.7. The zero-order chi connectivity index (χ0) is 85.6. The van der Waals surface area contributed by atoms with E-state index in [0.29, 0.717) is 17.5 Å². The van der Waals surface area contributed by atoms with Crippen LogP contribution < -0.4 is 26.2 Å². The Hall–Kier alpha value is -12.4. The van der Waals surface area contributed by atoms with E-state index in [4.69, 9.17) is 15.0 Å². The molecule has 0 amide bonds. The number of anilines is 6. The zero-order valence-electron chi connectivity index (χ0n) is 75.1. The molecular formula is C115H113BN6. The van der Waals surface area contributed by atoms with Crippen molar-refractivity contribution < 1.29 is 0 Å². The Balaban J connectivity index is 1.07. The van der Waals surface area contributed by atoms with Crippen molar-refractivity contribution in [2.75, 3.05) is 9.80 Å². The van der Waals surface area contributed by atoms with Crippen LogP contribution in [-0.2, 0) is 37.9 Å². The van der Waals surface area contributed by atoms with Gasteiger partial charge in [-0.05, 0) is 211 Å². The smallest absolute Gasteiger partial charge is 0.252 e. The van der Waals surface area contributed by atoms with Gasteiger partial charge < -0.3 is 14.4 Å². The summed E-state index contributed by atoms with van der Waals surface area (Å²) in [4.78, 5) is 22.5. The van der Waals surface area contributed by atoms with Gasteiger partial charge in [0.05, 0.1) is 28.1 Å². The molecule has 0 radical (unpaired) electrons. The Labute approximate surface area is 724 Å². The number of nitrogens with zero attached hydrogens (tertiary/aromatic N) is 6. The third kappa shape index (κ3) is 14.9. The first-order valence-electron chi connectivity index (χ1n) is 43.7. The largest absolute Gasteiger partial charge is 0.311 e. The third-order valence-electron chi connectivity index (χ3n) is 25.5. The van der Waals surface area contributed by atoms with Crippen molar-refractivity contribution in [3.05, 3.63) is 342 Å². The Morgan fingerprint density at radius 1 is 0.221 bits per heavy atom. The molecule has 4 heterocycles. The lowest BCUT2D eigenvalue weighted by atomic mass is 9.33.